The van der Waals surface area contributed by atoms with Crippen molar-refractivity contribution in [3.05, 3.63) is 0 Å². The molecule has 0 aromatic rings. The van der Waals surface area contributed by atoms with E-state index in [1.165, 1.54) is 25.7 Å². The Bertz CT molecular complexity index is 212. The highest BCUT2D eigenvalue weighted by Crippen LogP contribution is 2.36. The molecule has 3 rings (SSSR count). The Labute approximate surface area is 109 Å². The largest absolute Gasteiger partial charge is 0.352 e. The summed E-state index contributed by atoms with van der Waals surface area (Å²) in [5.74, 6) is 1.15. The van der Waals surface area contributed by atoms with Crippen LogP contribution in [0.25, 0.3) is 0 Å². The standard InChI is InChI=1S/C14H24O4/c1-7-15-13(16-8-1)11-3-5-12(6-4-11)14-17-9-2-10-18-14/h11-14H,1-10H2. The molecule has 0 bridgehead atoms. The highest BCUT2D eigenvalue weighted by atomic mass is 16.7. The fourth-order valence-corrected chi connectivity index (χ4v) is 3.25. The molecule has 4 nitrogen and oxygen atoms in total. The molecule has 3 aliphatic rings. The molecule has 2 aliphatic heterocycles. The Morgan fingerprint density at radius 3 is 1.17 bits per heavy atom. The van der Waals surface area contributed by atoms with E-state index < -0.39 is 0 Å². The first-order valence-electron chi connectivity index (χ1n) is 7.40. The number of rotatable bonds is 2. The van der Waals surface area contributed by atoms with Gasteiger partial charge in [-0.2, -0.15) is 0 Å². The van der Waals surface area contributed by atoms with E-state index >= 15 is 0 Å². The van der Waals surface area contributed by atoms with Crippen LogP contribution in [0.3, 0.4) is 0 Å². The molecule has 0 unspecified atom stereocenters. The van der Waals surface area contributed by atoms with Crippen molar-refractivity contribution in [1.29, 1.82) is 0 Å². The van der Waals surface area contributed by atoms with Gasteiger partial charge in [0.2, 0.25) is 0 Å². The number of hydrogen-bond donors (Lipinski definition) is 0. The number of ether oxygens (including phenoxy) is 4. The molecule has 0 aromatic heterocycles. The van der Waals surface area contributed by atoms with E-state index in [9.17, 15) is 0 Å². The lowest BCUT2D eigenvalue weighted by atomic mass is 9.81. The van der Waals surface area contributed by atoms with Crippen LogP contribution in [0, 0.1) is 11.8 Å². The van der Waals surface area contributed by atoms with Crippen molar-refractivity contribution in [1.82, 2.24) is 0 Å². The van der Waals surface area contributed by atoms with Crippen LogP contribution in [0.2, 0.25) is 0 Å². The van der Waals surface area contributed by atoms with Crippen molar-refractivity contribution < 1.29 is 18.9 Å². The lowest BCUT2D eigenvalue weighted by Crippen LogP contribution is -2.38. The molecule has 0 radical (unpaired) electrons. The molecule has 2 heterocycles. The van der Waals surface area contributed by atoms with Crippen molar-refractivity contribution in [2.24, 2.45) is 11.8 Å². The summed E-state index contributed by atoms with van der Waals surface area (Å²) in [6.07, 6.45) is 6.89. The maximum atomic E-state index is 5.71. The Morgan fingerprint density at radius 2 is 0.833 bits per heavy atom. The zero-order valence-electron chi connectivity index (χ0n) is 11.0. The maximum absolute atomic E-state index is 5.71. The van der Waals surface area contributed by atoms with E-state index in [0.29, 0.717) is 11.8 Å². The van der Waals surface area contributed by atoms with Crippen LogP contribution >= 0.6 is 0 Å². The summed E-state index contributed by atoms with van der Waals surface area (Å²) in [6.45, 7) is 3.44. The zero-order chi connectivity index (χ0) is 12.2. The molecule has 3 fully saturated rings. The van der Waals surface area contributed by atoms with Crippen LogP contribution in [-0.2, 0) is 18.9 Å². The van der Waals surface area contributed by atoms with Crippen LogP contribution in [0.1, 0.15) is 38.5 Å². The van der Waals surface area contributed by atoms with Crippen LogP contribution in [0.5, 0.6) is 0 Å². The molecule has 1 aliphatic carbocycles. The van der Waals surface area contributed by atoms with Gasteiger partial charge in [-0.25, -0.2) is 0 Å². The summed E-state index contributed by atoms with van der Waals surface area (Å²) < 4.78 is 22.9. The van der Waals surface area contributed by atoms with Gasteiger partial charge >= 0.3 is 0 Å². The fraction of sp³-hybridized carbons (Fsp3) is 1.00. The average molecular weight is 256 g/mol. The molecule has 1 saturated carbocycles. The average Bonchev–Trinajstić information content (AvgIpc) is 2.49. The van der Waals surface area contributed by atoms with E-state index in [0.717, 1.165) is 39.3 Å². The molecular formula is C14H24O4. The smallest absolute Gasteiger partial charge is 0.160 e. The summed E-state index contributed by atoms with van der Waals surface area (Å²) in [6, 6.07) is 0. The van der Waals surface area contributed by atoms with Gasteiger partial charge in [0.05, 0.1) is 26.4 Å². The van der Waals surface area contributed by atoms with Gasteiger partial charge in [0, 0.05) is 11.8 Å². The zero-order valence-corrected chi connectivity index (χ0v) is 11.0. The first-order valence-corrected chi connectivity index (χ1v) is 7.40. The quantitative estimate of drug-likeness (QED) is 0.760. The van der Waals surface area contributed by atoms with Gasteiger partial charge in [-0.1, -0.05) is 0 Å². The van der Waals surface area contributed by atoms with E-state index in [-0.39, 0.29) is 12.6 Å². The Morgan fingerprint density at radius 1 is 0.500 bits per heavy atom. The topological polar surface area (TPSA) is 36.9 Å². The third kappa shape index (κ3) is 3.05. The number of hydrogen-bond acceptors (Lipinski definition) is 4. The molecule has 104 valence electrons. The molecule has 18 heavy (non-hydrogen) atoms. The van der Waals surface area contributed by atoms with Gasteiger partial charge in [-0.15, -0.1) is 0 Å². The molecule has 0 amide bonds. The second-order valence-corrected chi connectivity index (χ2v) is 5.60. The maximum Gasteiger partial charge on any atom is 0.160 e. The van der Waals surface area contributed by atoms with Crippen LogP contribution < -0.4 is 0 Å². The van der Waals surface area contributed by atoms with Crippen molar-refractivity contribution in [2.75, 3.05) is 26.4 Å². The highest BCUT2D eigenvalue weighted by Gasteiger charge is 2.34. The summed E-state index contributed by atoms with van der Waals surface area (Å²) in [5.41, 5.74) is 0. The molecule has 0 atom stereocenters. The van der Waals surface area contributed by atoms with Crippen molar-refractivity contribution in [3.63, 3.8) is 0 Å². The Kier molecular flexibility index (Phi) is 4.52. The van der Waals surface area contributed by atoms with Crippen molar-refractivity contribution in [3.8, 4) is 0 Å². The summed E-state index contributed by atoms with van der Waals surface area (Å²) in [7, 11) is 0. The summed E-state index contributed by atoms with van der Waals surface area (Å²) in [4.78, 5) is 0. The minimum Gasteiger partial charge on any atom is -0.352 e. The summed E-state index contributed by atoms with van der Waals surface area (Å²) >= 11 is 0. The Hall–Kier alpha value is -0.160. The normalized spacial score (nSPS) is 36.7. The van der Waals surface area contributed by atoms with Gasteiger partial charge < -0.3 is 18.9 Å². The monoisotopic (exact) mass is 256 g/mol. The predicted molar refractivity (Wildman–Crippen MR) is 66.1 cm³/mol. The van der Waals surface area contributed by atoms with Gasteiger partial charge in [0.1, 0.15) is 0 Å². The van der Waals surface area contributed by atoms with Crippen molar-refractivity contribution >= 4 is 0 Å². The minimum absolute atomic E-state index is 0.0490. The second-order valence-electron chi connectivity index (χ2n) is 5.60. The second kappa shape index (κ2) is 6.33. The van der Waals surface area contributed by atoms with E-state index in [4.69, 9.17) is 18.9 Å². The molecule has 0 spiro atoms. The third-order valence-corrected chi connectivity index (χ3v) is 4.29. The van der Waals surface area contributed by atoms with Crippen LogP contribution in [0.15, 0.2) is 0 Å². The van der Waals surface area contributed by atoms with Gasteiger partial charge in [-0.05, 0) is 38.5 Å². The van der Waals surface area contributed by atoms with Gasteiger partial charge in [0.15, 0.2) is 12.6 Å². The first-order chi connectivity index (χ1) is 8.93. The molecule has 2 saturated heterocycles. The van der Waals surface area contributed by atoms with Crippen LogP contribution in [0.4, 0.5) is 0 Å². The van der Waals surface area contributed by atoms with E-state index in [1.54, 1.807) is 0 Å². The molecular weight excluding hydrogens is 232 g/mol. The SMILES string of the molecule is C1COC(C2CCC(C3OCCCO3)CC2)OC1. The minimum atomic E-state index is 0.0490. The molecule has 4 heteroatoms. The lowest BCUT2D eigenvalue weighted by Gasteiger charge is -2.38. The lowest BCUT2D eigenvalue weighted by molar-refractivity contribution is -0.229. The van der Waals surface area contributed by atoms with Crippen LogP contribution in [-0.4, -0.2) is 39.0 Å². The fourth-order valence-electron chi connectivity index (χ4n) is 3.25. The Balaban J connectivity index is 1.45. The van der Waals surface area contributed by atoms with Gasteiger partial charge in [0.25, 0.3) is 0 Å². The van der Waals surface area contributed by atoms with E-state index in [1.807, 2.05) is 0 Å². The van der Waals surface area contributed by atoms with E-state index in [2.05, 4.69) is 0 Å². The van der Waals surface area contributed by atoms with Gasteiger partial charge in [-0.3, -0.25) is 0 Å². The first kappa shape index (κ1) is 12.9. The third-order valence-electron chi connectivity index (χ3n) is 4.29. The summed E-state index contributed by atoms with van der Waals surface area (Å²) in [5, 5.41) is 0. The van der Waals surface area contributed by atoms with Crippen molar-refractivity contribution in [2.45, 2.75) is 51.1 Å². The molecule has 0 aromatic carbocycles. The highest BCUT2D eigenvalue weighted by molar-refractivity contribution is 4.78. The predicted octanol–water partition coefficient (Wildman–Crippen LogP) is 2.32. The molecule has 0 N–H and O–H groups in total.